The molecule has 0 spiro atoms. The Morgan fingerprint density at radius 1 is 0.935 bits per heavy atom. The molecule has 2 aliphatic rings. The highest BCUT2D eigenvalue weighted by molar-refractivity contribution is 7.16. The maximum absolute atomic E-state index is 13.9. The summed E-state index contributed by atoms with van der Waals surface area (Å²) in [6.07, 6.45) is 0.263. The number of hydrogen-bond acceptors (Lipinski definition) is 6. The summed E-state index contributed by atoms with van der Waals surface area (Å²) in [5, 5.41) is 0. The van der Waals surface area contributed by atoms with Crippen LogP contribution in [0.1, 0.15) is 84.9 Å². The molecule has 0 saturated carbocycles. The third-order valence-electron chi connectivity index (χ3n) is 8.76. The lowest BCUT2D eigenvalue weighted by atomic mass is 9.82. The predicted molar refractivity (Wildman–Crippen MR) is 183 cm³/mol. The van der Waals surface area contributed by atoms with E-state index in [2.05, 4.69) is 42.7 Å². The lowest BCUT2D eigenvalue weighted by molar-refractivity contribution is -0.141. The summed E-state index contributed by atoms with van der Waals surface area (Å²) >= 11 is 0. The highest BCUT2D eigenvalue weighted by Crippen LogP contribution is 2.39. The molecule has 0 radical (unpaired) electrons. The largest absolute Gasteiger partial charge is 0.490 e. The summed E-state index contributed by atoms with van der Waals surface area (Å²) in [4.78, 5) is 32.8. The van der Waals surface area contributed by atoms with Gasteiger partial charge in [-0.15, -0.1) is 0 Å². The molecule has 46 heavy (non-hydrogen) atoms. The van der Waals surface area contributed by atoms with E-state index in [1.807, 2.05) is 67.3 Å². The van der Waals surface area contributed by atoms with Crippen LogP contribution < -0.4 is 9.47 Å². The van der Waals surface area contributed by atoms with E-state index >= 15 is 0 Å². The summed E-state index contributed by atoms with van der Waals surface area (Å²) in [5.41, 5.74) is 1.48. The van der Waals surface area contributed by atoms with Gasteiger partial charge in [0, 0.05) is 45.2 Å². The van der Waals surface area contributed by atoms with Crippen molar-refractivity contribution in [3.63, 3.8) is 0 Å². The summed E-state index contributed by atoms with van der Waals surface area (Å²) in [5.74, 6) is 1.29. The Labute approximate surface area is 277 Å². The second-order valence-electron chi connectivity index (χ2n) is 14.5. The second-order valence-corrected chi connectivity index (χ2v) is 15.0. The molecule has 2 aromatic rings. The lowest BCUT2D eigenvalue weighted by Gasteiger charge is -2.50. The van der Waals surface area contributed by atoms with Gasteiger partial charge in [-0.1, -0.05) is 66.4 Å². The number of hydrogen-bond donors (Lipinski definition) is 0. The van der Waals surface area contributed by atoms with E-state index in [0.717, 1.165) is 24.0 Å². The molecular weight excluding hydrogens is 604 g/mol. The molecule has 2 saturated heterocycles. The molecular formula is C36H53FN3O5P. The van der Waals surface area contributed by atoms with Gasteiger partial charge in [-0.2, -0.15) is 4.39 Å². The number of piperazine rings is 1. The third kappa shape index (κ3) is 9.57. The normalized spacial score (nSPS) is 19.8. The van der Waals surface area contributed by atoms with Crippen LogP contribution in [-0.2, 0) is 9.53 Å². The zero-order chi connectivity index (χ0) is 33.6. The Balaban J connectivity index is 1.52. The maximum atomic E-state index is 13.9. The molecule has 4 atom stereocenters. The third-order valence-corrected chi connectivity index (χ3v) is 8.90. The number of benzene rings is 2. The van der Waals surface area contributed by atoms with Crippen molar-refractivity contribution in [2.45, 2.75) is 91.5 Å². The number of carbonyl (C=O) groups excluding carboxylic acids is 2. The zero-order valence-electron chi connectivity index (χ0n) is 28.6. The molecule has 0 aliphatic carbocycles. The van der Waals surface area contributed by atoms with Crippen LogP contribution in [0.15, 0.2) is 48.5 Å². The van der Waals surface area contributed by atoms with Crippen LogP contribution in [0.3, 0.4) is 0 Å². The number of halogens is 1. The number of amides is 2. The number of likely N-dealkylation sites (tertiary alicyclic amines) is 1. The van der Waals surface area contributed by atoms with Crippen molar-refractivity contribution in [2.75, 3.05) is 39.3 Å². The van der Waals surface area contributed by atoms with Gasteiger partial charge in [0.15, 0.2) is 11.5 Å². The SMILES string of the molecule is CCOc1cc(C(c2ccccc2)N2CCN(C(=O)CC3CCN(C(=O)OC(C)(C)C)CC3)C(C(C)(C)C)C2)ccc1OC(F)P. The van der Waals surface area contributed by atoms with Crippen LogP contribution >= 0.6 is 9.24 Å². The van der Waals surface area contributed by atoms with Crippen molar-refractivity contribution in [3.05, 3.63) is 59.7 Å². The molecule has 2 fully saturated rings. The summed E-state index contributed by atoms with van der Waals surface area (Å²) in [6, 6.07) is 16.0. The van der Waals surface area contributed by atoms with Gasteiger partial charge in [-0.25, -0.2) is 4.79 Å². The van der Waals surface area contributed by atoms with Crippen LogP contribution in [0.4, 0.5) is 9.18 Å². The Morgan fingerprint density at radius 2 is 1.61 bits per heavy atom. The molecule has 10 heteroatoms. The number of rotatable bonds is 9. The fraction of sp³-hybridized carbons (Fsp3) is 0.611. The number of ether oxygens (including phenoxy) is 3. The monoisotopic (exact) mass is 657 g/mol. The average molecular weight is 658 g/mol. The van der Waals surface area contributed by atoms with Gasteiger partial charge >= 0.3 is 6.09 Å². The molecule has 2 aromatic carbocycles. The number of piperidine rings is 1. The van der Waals surface area contributed by atoms with Crippen molar-refractivity contribution in [3.8, 4) is 11.5 Å². The van der Waals surface area contributed by atoms with E-state index in [-0.39, 0.29) is 35.4 Å². The first kappa shape index (κ1) is 35.9. The van der Waals surface area contributed by atoms with E-state index in [9.17, 15) is 14.0 Å². The van der Waals surface area contributed by atoms with Crippen molar-refractivity contribution in [2.24, 2.45) is 11.3 Å². The van der Waals surface area contributed by atoms with E-state index in [1.165, 1.54) is 0 Å². The summed E-state index contributed by atoms with van der Waals surface area (Å²) in [7, 11) is 2.01. The first-order chi connectivity index (χ1) is 21.7. The molecule has 0 bridgehead atoms. The van der Waals surface area contributed by atoms with E-state index in [4.69, 9.17) is 14.2 Å². The average Bonchev–Trinajstić information content (AvgIpc) is 2.98. The van der Waals surface area contributed by atoms with Crippen molar-refractivity contribution in [1.82, 2.24) is 14.7 Å². The Bertz CT molecular complexity index is 1300. The number of carbonyl (C=O) groups is 2. The van der Waals surface area contributed by atoms with E-state index in [0.29, 0.717) is 57.3 Å². The minimum atomic E-state index is -1.54. The van der Waals surface area contributed by atoms with Gasteiger partial charge in [-0.05, 0) is 75.1 Å². The highest BCUT2D eigenvalue weighted by Gasteiger charge is 2.41. The maximum Gasteiger partial charge on any atom is 0.410 e. The minimum Gasteiger partial charge on any atom is -0.490 e. The predicted octanol–water partition coefficient (Wildman–Crippen LogP) is 7.28. The lowest BCUT2D eigenvalue weighted by Crippen LogP contribution is -2.60. The quantitative estimate of drug-likeness (QED) is 0.264. The molecule has 4 unspecified atom stereocenters. The van der Waals surface area contributed by atoms with Gasteiger partial charge in [0.25, 0.3) is 0 Å². The Morgan fingerprint density at radius 3 is 2.20 bits per heavy atom. The van der Waals surface area contributed by atoms with Crippen LogP contribution in [0.25, 0.3) is 0 Å². The van der Waals surface area contributed by atoms with Crippen molar-refractivity contribution in [1.29, 1.82) is 0 Å². The zero-order valence-corrected chi connectivity index (χ0v) is 29.8. The van der Waals surface area contributed by atoms with Crippen LogP contribution in [0.2, 0.25) is 0 Å². The smallest absolute Gasteiger partial charge is 0.410 e. The molecule has 8 nitrogen and oxygen atoms in total. The molecule has 4 rings (SSSR count). The van der Waals surface area contributed by atoms with Gasteiger partial charge in [-0.3, -0.25) is 9.69 Å². The van der Waals surface area contributed by atoms with Gasteiger partial charge in [0.2, 0.25) is 12.0 Å². The molecule has 2 heterocycles. The van der Waals surface area contributed by atoms with Crippen LogP contribution in [0.5, 0.6) is 11.5 Å². The summed E-state index contributed by atoms with van der Waals surface area (Å²) < 4.78 is 30.6. The topological polar surface area (TPSA) is 71.6 Å². The second kappa shape index (κ2) is 15.3. The summed E-state index contributed by atoms with van der Waals surface area (Å²) in [6.45, 7) is 17.8. The van der Waals surface area contributed by atoms with E-state index in [1.54, 1.807) is 11.0 Å². The van der Waals surface area contributed by atoms with Crippen LogP contribution in [0, 0.1) is 11.3 Å². The first-order valence-corrected chi connectivity index (χ1v) is 17.2. The number of alkyl halides is 1. The Hall–Kier alpha value is -2.90. The molecule has 0 N–H and O–H groups in total. The van der Waals surface area contributed by atoms with Gasteiger partial charge in [0.05, 0.1) is 12.6 Å². The molecule has 2 aliphatic heterocycles. The van der Waals surface area contributed by atoms with Gasteiger partial charge < -0.3 is 24.0 Å². The van der Waals surface area contributed by atoms with Gasteiger partial charge in [0.1, 0.15) is 5.60 Å². The molecule has 254 valence electrons. The van der Waals surface area contributed by atoms with Crippen LogP contribution in [-0.4, -0.2) is 83.8 Å². The van der Waals surface area contributed by atoms with Crippen molar-refractivity contribution >= 4 is 21.2 Å². The fourth-order valence-electron chi connectivity index (χ4n) is 6.52. The first-order valence-electron chi connectivity index (χ1n) is 16.6. The van der Waals surface area contributed by atoms with Crippen molar-refractivity contribution < 1.29 is 28.2 Å². The highest BCUT2D eigenvalue weighted by atomic mass is 31.0. The molecule has 0 aromatic heterocycles. The number of nitrogens with zero attached hydrogens (tertiary/aromatic N) is 3. The fourth-order valence-corrected chi connectivity index (χ4v) is 6.67. The Kier molecular flexibility index (Phi) is 12.0. The standard InChI is InChI=1S/C36H53FN3O5P/c1-8-43-29-23-27(14-15-28(29)44-33(37)46)32(26-12-10-9-11-13-26)39-20-21-40(30(24-39)35(2,3)4)31(41)22-25-16-18-38(19-17-25)34(42)45-36(5,6)7/h9-15,23,25,30,32-33H,8,16-22,24,46H2,1-7H3. The minimum absolute atomic E-state index is 0.000181. The molecule has 2 amide bonds. The van der Waals surface area contributed by atoms with E-state index < -0.39 is 11.7 Å².